The van der Waals surface area contributed by atoms with Gasteiger partial charge in [-0.05, 0) is 6.54 Å². The van der Waals surface area contributed by atoms with Crippen LogP contribution in [0, 0.1) is 0 Å². The predicted octanol–water partition coefficient (Wildman–Crippen LogP) is 1.39. The van der Waals surface area contributed by atoms with Gasteiger partial charge in [-0.1, -0.05) is 0 Å². The van der Waals surface area contributed by atoms with Crippen LogP contribution in [-0.2, 0) is 6.42 Å². The summed E-state index contributed by atoms with van der Waals surface area (Å²) in [7, 11) is 3.26. The van der Waals surface area contributed by atoms with Crippen molar-refractivity contribution in [1.29, 1.82) is 0 Å². The summed E-state index contributed by atoms with van der Waals surface area (Å²) in [5.41, 5.74) is 7.60. The fraction of sp³-hybridized carbons (Fsp3) is 0.308. The topological polar surface area (TPSA) is 62.3 Å². The third-order valence-electron chi connectivity index (χ3n) is 2.73. The molecule has 5 nitrogen and oxygen atoms in total. The van der Waals surface area contributed by atoms with Crippen LogP contribution in [0.3, 0.4) is 0 Å². The Balaban J connectivity index is 2.45. The Morgan fingerprint density at radius 1 is 1.17 bits per heavy atom. The maximum absolute atomic E-state index is 5.59. The number of rotatable bonds is 5. The van der Waals surface area contributed by atoms with Crippen LogP contribution in [0.2, 0.25) is 0 Å². The second kappa shape index (κ2) is 5.55. The van der Waals surface area contributed by atoms with Crippen LogP contribution in [0.5, 0.6) is 11.5 Å². The van der Waals surface area contributed by atoms with Gasteiger partial charge in [-0.3, -0.25) is 0 Å². The first-order valence-corrected chi connectivity index (χ1v) is 5.73. The molecule has 1 heterocycles. The molecule has 5 heteroatoms. The molecule has 1 aromatic heterocycles. The summed E-state index contributed by atoms with van der Waals surface area (Å²) in [5, 5.41) is 0. The highest BCUT2D eigenvalue weighted by Gasteiger charge is 2.07. The van der Waals surface area contributed by atoms with E-state index in [0.717, 1.165) is 29.3 Å². The van der Waals surface area contributed by atoms with E-state index in [2.05, 4.69) is 4.98 Å². The van der Waals surface area contributed by atoms with E-state index in [1.807, 2.05) is 29.0 Å². The second-order valence-electron chi connectivity index (χ2n) is 3.86. The van der Waals surface area contributed by atoms with E-state index in [-0.39, 0.29) is 0 Å². The average Bonchev–Trinajstić information content (AvgIpc) is 2.87. The third kappa shape index (κ3) is 2.46. The highest BCUT2D eigenvalue weighted by atomic mass is 16.5. The SMILES string of the molecule is COc1cc(OC)cc(-n2cncc2CCN)c1. The minimum atomic E-state index is 0.590. The van der Waals surface area contributed by atoms with Gasteiger partial charge in [-0.25, -0.2) is 4.98 Å². The summed E-state index contributed by atoms with van der Waals surface area (Å²) in [6, 6.07) is 5.71. The number of hydrogen-bond donors (Lipinski definition) is 1. The lowest BCUT2D eigenvalue weighted by atomic mass is 10.2. The van der Waals surface area contributed by atoms with E-state index < -0.39 is 0 Å². The van der Waals surface area contributed by atoms with Crippen molar-refractivity contribution < 1.29 is 9.47 Å². The summed E-state index contributed by atoms with van der Waals surface area (Å²) in [6.07, 6.45) is 4.36. The molecule has 1 aromatic carbocycles. The third-order valence-corrected chi connectivity index (χ3v) is 2.73. The zero-order valence-electron chi connectivity index (χ0n) is 10.6. The fourth-order valence-corrected chi connectivity index (χ4v) is 1.82. The zero-order valence-corrected chi connectivity index (χ0v) is 10.6. The number of nitrogens with two attached hydrogens (primary N) is 1. The van der Waals surface area contributed by atoms with Crippen LogP contribution < -0.4 is 15.2 Å². The molecule has 2 aromatic rings. The standard InChI is InChI=1S/C13H17N3O2/c1-17-12-5-11(6-13(7-12)18-2)16-9-15-8-10(16)3-4-14/h5-9H,3-4,14H2,1-2H3. The van der Waals surface area contributed by atoms with Gasteiger partial charge in [-0.2, -0.15) is 0 Å². The highest BCUT2D eigenvalue weighted by molar-refractivity contribution is 5.47. The average molecular weight is 247 g/mol. The number of ether oxygens (including phenoxy) is 2. The van der Waals surface area contributed by atoms with Gasteiger partial charge < -0.3 is 19.8 Å². The Morgan fingerprint density at radius 3 is 2.39 bits per heavy atom. The molecule has 0 bridgehead atoms. The monoisotopic (exact) mass is 247 g/mol. The molecule has 0 unspecified atom stereocenters. The van der Waals surface area contributed by atoms with Crippen LogP contribution in [0.4, 0.5) is 0 Å². The minimum absolute atomic E-state index is 0.590. The number of methoxy groups -OCH3 is 2. The molecule has 2 N–H and O–H groups in total. The van der Waals surface area contributed by atoms with Crippen molar-refractivity contribution in [3.8, 4) is 17.2 Å². The predicted molar refractivity (Wildman–Crippen MR) is 69.4 cm³/mol. The van der Waals surface area contributed by atoms with Gasteiger partial charge in [-0.15, -0.1) is 0 Å². The van der Waals surface area contributed by atoms with E-state index in [1.54, 1.807) is 20.5 Å². The van der Waals surface area contributed by atoms with Crippen molar-refractivity contribution in [1.82, 2.24) is 9.55 Å². The molecular weight excluding hydrogens is 230 g/mol. The zero-order chi connectivity index (χ0) is 13.0. The van der Waals surface area contributed by atoms with E-state index >= 15 is 0 Å². The Bertz CT molecular complexity index is 500. The first-order valence-electron chi connectivity index (χ1n) is 5.73. The van der Waals surface area contributed by atoms with Crippen LogP contribution in [0.25, 0.3) is 5.69 Å². The van der Waals surface area contributed by atoms with Crippen molar-refractivity contribution in [3.63, 3.8) is 0 Å². The number of aromatic nitrogens is 2. The normalized spacial score (nSPS) is 10.4. The summed E-state index contributed by atoms with van der Waals surface area (Å²) in [4.78, 5) is 4.15. The molecule has 0 amide bonds. The van der Waals surface area contributed by atoms with Gasteiger partial charge >= 0.3 is 0 Å². The maximum Gasteiger partial charge on any atom is 0.124 e. The maximum atomic E-state index is 5.59. The molecule has 96 valence electrons. The van der Waals surface area contributed by atoms with Crippen molar-refractivity contribution >= 4 is 0 Å². The second-order valence-corrected chi connectivity index (χ2v) is 3.86. The van der Waals surface area contributed by atoms with Gasteiger partial charge in [0.25, 0.3) is 0 Å². The molecular formula is C13H17N3O2. The summed E-state index contributed by atoms with van der Waals surface area (Å²) < 4.78 is 12.5. The minimum Gasteiger partial charge on any atom is -0.497 e. The van der Waals surface area contributed by atoms with Crippen LogP contribution in [0.15, 0.2) is 30.7 Å². The largest absolute Gasteiger partial charge is 0.497 e. The van der Waals surface area contributed by atoms with Crippen LogP contribution in [-0.4, -0.2) is 30.3 Å². The Labute approximate surface area is 106 Å². The van der Waals surface area contributed by atoms with Gasteiger partial charge in [0, 0.05) is 36.5 Å². The summed E-state index contributed by atoms with van der Waals surface area (Å²) in [6.45, 7) is 0.590. The lowest BCUT2D eigenvalue weighted by Crippen LogP contribution is -2.07. The molecule has 0 spiro atoms. The molecule has 0 atom stereocenters. The smallest absolute Gasteiger partial charge is 0.124 e. The fourth-order valence-electron chi connectivity index (χ4n) is 1.82. The van der Waals surface area contributed by atoms with Gasteiger partial charge in [0.15, 0.2) is 0 Å². The molecule has 0 saturated heterocycles. The molecule has 0 saturated carbocycles. The van der Waals surface area contributed by atoms with Crippen LogP contribution in [0.1, 0.15) is 5.69 Å². The number of imidazole rings is 1. The molecule has 0 aliphatic carbocycles. The molecule has 0 radical (unpaired) electrons. The lowest BCUT2D eigenvalue weighted by Gasteiger charge is -2.11. The molecule has 0 aliphatic heterocycles. The van der Waals surface area contributed by atoms with Gasteiger partial charge in [0.05, 0.1) is 26.2 Å². The van der Waals surface area contributed by atoms with Crippen molar-refractivity contribution in [2.45, 2.75) is 6.42 Å². The Hall–Kier alpha value is -2.01. The first-order chi connectivity index (χ1) is 8.78. The number of nitrogens with zero attached hydrogens (tertiary/aromatic N) is 2. The first kappa shape index (κ1) is 12.4. The van der Waals surface area contributed by atoms with Crippen molar-refractivity contribution in [2.24, 2.45) is 5.73 Å². The van der Waals surface area contributed by atoms with Gasteiger partial charge in [0.1, 0.15) is 11.5 Å². The van der Waals surface area contributed by atoms with E-state index in [1.165, 1.54) is 0 Å². The van der Waals surface area contributed by atoms with Crippen molar-refractivity contribution in [2.75, 3.05) is 20.8 Å². The quantitative estimate of drug-likeness (QED) is 0.867. The molecule has 18 heavy (non-hydrogen) atoms. The molecule has 0 aliphatic rings. The van der Waals surface area contributed by atoms with E-state index in [4.69, 9.17) is 15.2 Å². The Kier molecular flexibility index (Phi) is 3.84. The summed E-state index contributed by atoms with van der Waals surface area (Å²) in [5.74, 6) is 1.49. The van der Waals surface area contributed by atoms with Crippen molar-refractivity contribution in [3.05, 3.63) is 36.4 Å². The number of benzene rings is 1. The molecule has 2 rings (SSSR count). The highest BCUT2D eigenvalue weighted by Crippen LogP contribution is 2.25. The summed E-state index contributed by atoms with van der Waals surface area (Å²) >= 11 is 0. The molecule has 0 fully saturated rings. The van der Waals surface area contributed by atoms with Crippen LogP contribution >= 0.6 is 0 Å². The van der Waals surface area contributed by atoms with E-state index in [9.17, 15) is 0 Å². The number of hydrogen-bond acceptors (Lipinski definition) is 4. The van der Waals surface area contributed by atoms with E-state index in [0.29, 0.717) is 6.54 Å². The lowest BCUT2D eigenvalue weighted by molar-refractivity contribution is 0.394. The van der Waals surface area contributed by atoms with Gasteiger partial charge in [0.2, 0.25) is 0 Å². The Morgan fingerprint density at radius 2 is 1.83 bits per heavy atom.